The predicted octanol–water partition coefficient (Wildman–Crippen LogP) is 2.12. The molecule has 0 spiro atoms. The first kappa shape index (κ1) is 12.9. The van der Waals surface area contributed by atoms with E-state index < -0.39 is 0 Å². The Morgan fingerprint density at radius 2 is 2.37 bits per heavy atom. The van der Waals surface area contributed by atoms with Crippen molar-refractivity contribution >= 4 is 12.1 Å². The van der Waals surface area contributed by atoms with Gasteiger partial charge in [0, 0.05) is 5.56 Å². The van der Waals surface area contributed by atoms with E-state index in [1.807, 2.05) is 25.1 Å². The molecule has 1 heterocycles. The zero-order valence-electron chi connectivity index (χ0n) is 10.5. The van der Waals surface area contributed by atoms with Gasteiger partial charge in [-0.3, -0.25) is 4.79 Å². The number of rotatable bonds is 5. The Morgan fingerprint density at radius 1 is 1.47 bits per heavy atom. The second-order valence-corrected chi connectivity index (χ2v) is 3.96. The number of aryl methyl sites for hydroxylation is 1. The van der Waals surface area contributed by atoms with Crippen LogP contribution in [-0.2, 0) is 4.79 Å². The maximum Gasteiger partial charge on any atom is 0.277 e. The van der Waals surface area contributed by atoms with Gasteiger partial charge in [0.25, 0.3) is 5.91 Å². The molecule has 0 bridgehead atoms. The summed E-state index contributed by atoms with van der Waals surface area (Å²) in [4.78, 5) is 11.5. The first-order valence-electron chi connectivity index (χ1n) is 5.77. The minimum Gasteiger partial charge on any atom is -0.484 e. The van der Waals surface area contributed by atoms with Gasteiger partial charge in [0.1, 0.15) is 5.75 Å². The highest BCUT2D eigenvalue weighted by Crippen LogP contribution is 2.11. The molecule has 1 N–H and O–H groups in total. The minimum atomic E-state index is -0.318. The van der Waals surface area contributed by atoms with Gasteiger partial charge in [-0.25, -0.2) is 5.43 Å². The van der Waals surface area contributed by atoms with Crippen LogP contribution in [0.2, 0.25) is 0 Å². The summed E-state index contributed by atoms with van der Waals surface area (Å²) in [5.74, 6) is 0.343. The number of hydrogen-bond acceptors (Lipinski definition) is 4. The number of amides is 1. The summed E-state index contributed by atoms with van der Waals surface area (Å²) in [5.41, 5.74) is 4.23. The lowest BCUT2D eigenvalue weighted by molar-refractivity contribution is -0.123. The monoisotopic (exact) mass is 258 g/mol. The molecule has 19 heavy (non-hydrogen) atoms. The average Bonchev–Trinajstić information content (AvgIpc) is 2.90. The van der Waals surface area contributed by atoms with Crippen LogP contribution >= 0.6 is 0 Å². The number of nitrogens with zero attached hydrogens (tertiary/aromatic N) is 1. The number of carbonyl (C=O) groups is 1. The second-order valence-electron chi connectivity index (χ2n) is 3.96. The van der Waals surface area contributed by atoms with Gasteiger partial charge >= 0.3 is 0 Å². The number of nitrogens with one attached hydrogen (secondary N) is 1. The molecule has 5 heteroatoms. The zero-order chi connectivity index (χ0) is 13.5. The van der Waals surface area contributed by atoms with Gasteiger partial charge in [0.2, 0.25) is 0 Å². The Kier molecular flexibility index (Phi) is 4.34. The molecule has 0 aliphatic rings. The van der Waals surface area contributed by atoms with Gasteiger partial charge in [-0.15, -0.1) is 0 Å². The number of benzene rings is 1. The van der Waals surface area contributed by atoms with E-state index in [0.717, 1.165) is 11.1 Å². The van der Waals surface area contributed by atoms with Crippen molar-refractivity contribution in [2.75, 3.05) is 6.61 Å². The van der Waals surface area contributed by atoms with E-state index in [0.29, 0.717) is 5.75 Å². The molecule has 0 unspecified atom stereocenters. The maximum atomic E-state index is 11.5. The molecule has 5 nitrogen and oxygen atoms in total. The highest BCUT2D eigenvalue weighted by molar-refractivity contribution is 5.82. The molecule has 98 valence electrons. The van der Waals surface area contributed by atoms with Crippen LogP contribution in [0.15, 0.2) is 52.4 Å². The maximum absolute atomic E-state index is 11.5. The van der Waals surface area contributed by atoms with Crippen molar-refractivity contribution in [1.29, 1.82) is 0 Å². The van der Waals surface area contributed by atoms with Gasteiger partial charge in [0.15, 0.2) is 6.61 Å². The Morgan fingerprint density at radius 3 is 3.11 bits per heavy atom. The van der Waals surface area contributed by atoms with Crippen LogP contribution in [0.25, 0.3) is 0 Å². The van der Waals surface area contributed by atoms with E-state index in [9.17, 15) is 4.79 Å². The summed E-state index contributed by atoms with van der Waals surface area (Å²) in [6, 6.07) is 9.23. The number of furan rings is 1. The molecule has 2 aromatic rings. The molecule has 0 aliphatic carbocycles. The standard InChI is InChI=1S/C14H14N2O3/c1-11-3-2-4-13(7-11)19-10-14(17)16-15-8-12-5-6-18-9-12/h2-9H,10H2,1H3,(H,16,17)/b15-8+. The summed E-state index contributed by atoms with van der Waals surface area (Å²) >= 11 is 0. The molecule has 0 radical (unpaired) electrons. The van der Waals surface area contributed by atoms with Crippen molar-refractivity contribution in [2.24, 2.45) is 5.10 Å². The molecule has 0 atom stereocenters. The first-order chi connectivity index (χ1) is 9.24. The van der Waals surface area contributed by atoms with Crippen molar-refractivity contribution in [2.45, 2.75) is 6.92 Å². The minimum absolute atomic E-state index is 0.0772. The van der Waals surface area contributed by atoms with Crippen molar-refractivity contribution in [1.82, 2.24) is 5.43 Å². The third-order valence-corrected chi connectivity index (χ3v) is 2.31. The zero-order valence-corrected chi connectivity index (χ0v) is 10.5. The Bertz CT molecular complexity index is 562. The topological polar surface area (TPSA) is 63.8 Å². The van der Waals surface area contributed by atoms with Crippen LogP contribution in [-0.4, -0.2) is 18.7 Å². The predicted molar refractivity (Wildman–Crippen MR) is 71.1 cm³/mol. The van der Waals surface area contributed by atoms with Crippen molar-refractivity contribution in [3.05, 3.63) is 54.0 Å². The van der Waals surface area contributed by atoms with E-state index >= 15 is 0 Å². The SMILES string of the molecule is Cc1cccc(OCC(=O)N/N=C/c2ccoc2)c1. The fourth-order valence-electron chi connectivity index (χ4n) is 1.41. The molecule has 0 saturated carbocycles. The van der Waals surface area contributed by atoms with Gasteiger partial charge in [0.05, 0.1) is 18.7 Å². The van der Waals surface area contributed by atoms with Crippen LogP contribution in [0.5, 0.6) is 5.75 Å². The number of carbonyl (C=O) groups excluding carboxylic acids is 1. The summed E-state index contributed by atoms with van der Waals surface area (Å²) in [7, 11) is 0. The Labute approximate surface area is 110 Å². The molecular weight excluding hydrogens is 244 g/mol. The number of hydrogen-bond donors (Lipinski definition) is 1. The summed E-state index contributed by atoms with van der Waals surface area (Å²) in [6.07, 6.45) is 4.55. The molecule has 1 amide bonds. The smallest absolute Gasteiger partial charge is 0.277 e. The lowest BCUT2D eigenvalue weighted by atomic mass is 10.2. The molecular formula is C14H14N2O3. The third-order valence-electron chi connectivity index (χ3n) is 2.31. The molecule has 0 fully saturated rings. The number of ether oxygens (including phenoxy) is 1. The summed E-state index contributed by atoms with van der Waals surface area (Å²) in [5, 5.41) is 3.78. The van der Waals surface area contributed by atoms with Crippen molar-refractivity contribution in [3.63, 3.8) is 0 Å². The third kappa shape index (κ3) is 4.31. The second kappa shape index (κ2) is 6.39. The van der Waals surface area contributed by atoms with Crippen LogP contribution in [0.1, 0.15) is 11.1 Å². The normalized spacial score (nSPS) is 10.6. The lowest BCUT2D eigenvalue weighted by Crippen LogP contribution is -2.24. The van der Waals surface area contributed by atoms with E-state index in [2.05, 4.69) is 10.5 Å². The quantitative estimate of drug-likeness (QED) is 0.660. The number of hydrazone groups is 1. The summed E-state index contributed by atoms with van der Waals surface area (Å²) in [6.45, 7) is 1.88. The fourth-order valence-corrected chi connectivity index (χ4v) is 1.41. The van der Waals surface area contributed by atoms with Gasteiger partial charge in [-0.05, 0) is 30.7 Å². The van der Waals surface area contributed by atoms with Crippen LogP contribution < -0.4 is 10.2 Å². The van der Waals surface area contributed by atoms with E-state index in [1.165, 1.54) is 18.7 Å². The van der Waals surface area contributed by atoms with Crippen molar-refractivity contribution < 1.29 is 13.9 Å². The fraction of sp³-hybridized carbons (Fsp3) is 0.143. The van der Waals surface area contributed by atoms with Crippen LogP contribution in [0.4, 0.5) is 0 Å². The highest BCUT2D eigenvalue weighted by atomic mass is 16.5. The molecule has 0 saturated heterocycles. The highest BCUT2D eigenvalue weighted by Gasteiger charge is 2.01. The molecule has 2 rings (SSSR count). The molecule has 1 aromatic heterocycles. The molecule has 0 aliphatic heterocycles. The molecule has 1 aromatic carbocycles. The van der Waals surface area contributed by atoms with E-state index in [4.69, 9.17) is 9.15 Å². The van der Waals surface area contributed by atoms with E-state index in [1.54, 1.807) is 12.1 Å². The Hall–Kier alpha value is -2.56. The first-order valence-corrected chi connectivity index (χ1v) is 5.77. The summed E-state index contributed by atoms with van der Waals surface area (Å²) < 4.78 is 10.2. The van der Waals surface area contributed by atoms with Crippen LogP contribution in [0.3, 0.4) is 0 Å². The van der Waals surface area contributed by atoms with Gasteiger partial charge < -0.3 is 9.15 Å². The average molecular weight is 258 g/mol. The van der Waals surface area contributed by atoms with Gasteiger partial charge in [-0.2, -0.15) is 5.10 Å². The van der Waals surface area contributed by atoms with E-state index in [-0.39, 0.29) is 12.5 Å². The largest absolute Gasteiger partial charge is 0.484 e. The Balaban J connectivity index is 1.76. The lowest BCUT2D eigenvalue weighted by Gasteiger charge is -2.05. The van der Waals surface area contributed by atoms with Crippen molar-refractivity contribution in [3.8, 4) is 5.75 Å². The van der Waals surface area contributed by atoms with Gasteiger partial charge in [-0.1, -0.05) is 12.1 Å². The van der Waals surface area contributed by atoms with Crippen LogP contribution in [0, 0.1) is 6.92 Å².